The molecule has 0 aliphatic heterocycles. The first-order chi connectivity index (χ1) is 14.9. The SMILES string of the molecule is Cc1ccc2c(c1)c1cc(C)ccc1n2-c1ccc(-c2ncc(C)n2CC(C)C)cc1. The second-order valence-electron chi connectivity index (χ2n) is 9.15. The molecule has 0 N–H and O–H groups in total. The van der Waals surface area contributed by atoms with Gasteiger partial charge in [-0.15, -0.1) is 0 Å². The highest BCUT2D eigenvalue weighted by molar-refractivity contribution is 6.09. The normalized spacial score (nSPS) is 11.8. The maximum atomic E-state index is 4.71. The van der Waals surface area contributed by atoms with Gasteiger partial charge in [0, 0.05) is 40.5 Å². The fourth-order valence-corrected chi connectivity index (χ4v) is 4.58. The highest BCUT2D eigenvalue weighted by Gasteiger charge is 2.14. The number of hydrogen-bond acceptors (Lipinski definition) is 1. The van der Waals surface area contributed by atoms with Gasteiger partial charge in [-0.2, -0.15) is 0 Å². The van der Waals surface area contributed by atoms with Crippen molar-refractivity contribution in [1.82, 2.24) is 14.1 Å². The van der Waals surface area contributed by atoms with Crippen molar-refractivity contribution in [3.63, 3.8) is 0 Å². The molecule has 0 aliphatic carbocycles. The summed E-state index contributed by atoms with van der Waals surface area (Å²) in [5.74, 6) is 1.63. The second-order valence-corrected chi connectivity index (χ2v) is 9.15. The zero-order valence-corrected chi connectivity index (χ0v) is 19.0. The summed E-state index contributed by atoms with van der Waals surface area (Å²) in [5.41, 5.74) is 8.61. The molecule has 5 aromatic rings. The van der Waals surface area contributed by atoms with E-state index in [-0.39, 0.29) is 0 Å². The molecule has 0 amide bonds. The van der Waals surface area contributed by atoms with Crippen LogP contribution in [0.2, 0.25) is 0 Å². The Hall–Kier alpha value is -3.33. The third-order valence-electron chi connectivity index (χ3n) is 6.06. The molecule has 0 spiro atoms. The summed E-state index contributed by atoms with van der Waals surface area (Å²) in [4.78, 5) is 4.71. The van der Waals surface area contributed by atoms with E-state index in [1.807, 2.05) is 6.20 Å². The lowest BCUT2D eigenvalue weighted by Crippen LogP contribution is -2.07. The van der Waals surface area contributed by atoms with E-state index >= 15 is 0 Å². The van der Waals surface area contributed by atoms with E-state index < -0.39 is 0 Å². The van der Waals surface area contributed by atoms with Crippen LogP contribution in [0.15, 0.2) is 66.9 Å². The van der Waals surface area contributed by atoms with Crippen molar-refractivity contribution in [3.8, 4) is 17.1 Å². The Bertz CT molecular complexity index is 1340. The number of imidazole rings is 1. The highest BCUT2D eigenvalue weighted by Crippen LogP contribution is 2.34. The van der Waals surface area contributed by atoms with E-state index in [2.05, 4.69) is 104 Å². The van der Waals surface area contributed by atoms with Crippen LogP contribution in [0.3, 0.4) is 0 Å². The van der Waals surface area contributed by atoms with Gasteiger partial charge in [0.15, 0.2) is 0 Å². The Morgan fingerprint density at radius 2 is 1.35 bits per heavy atom. The van der Waals surface area contributed by atoms with Gasteiger partial charge in [0.25, 0.3) is 0 Å². The molecule has 156 valence electrons. The molecule has 0 fully saturated rings. The predicted molar refractivity (Wildman–Crippen MR) is 131 cm³/mol. The van der Waals surface area contributed by atoms with E-state index in [9.17, 15) is 0 Å². The van der Waals surface area contributed by atoms with Crippen molar-refractivity contribution in [2.45, 2.75) is 41.2 Å². The maximum Gasteiger partial charge on any atom is 0.140 e. The molecule has 31 heavy (non-hydrogen) atoms. The number of nitrogens with zero attached hydrogens (tertiary/aromatic N) is 3. The van der Waals surface area contributed by atoms with Crippen molar-refractivity contribution in [1.29, 1.82) is 0 Å². The van der Waals surface area contributed by atoms with Gasteiger partial charge in [-0.3, -0.25) is 0 Å². The molecule has 0 atom stereocenters. The van der Waals surface area contributed by atoms with Crippen molar-refractivity contribution in [2.24, 2.45) is 5.92 Å². The van der Waals surface area contributed by atoms with Crippen LogP contribution in [-0.2, 0) is 6.54 Å². The summed E-state index contributed by atoms with van der Waals surface area (Å²) in [6.07, 6.45) is 1.98. The molecule has 2 aromatic heterocycles. The van der Waals surface area contributed by atoms with E-state index in [1.165, 1.54) is 44.3 Å². The van der Waals surface area contributed by atoms with Crippen LogP contribution >= 0.6 is 0 Å². The first-order valence-corrected chi connectivity index (χ1v) is 11.1. The molecule has 0 unspecified atom stereocenters. The average Bonchev–Trinajstić information content (AvgIpc) is 3.25. The third kappa shape index (κ3) is 3.34. The Morgan fingerprint density at radius 1 is 0.774 bits per heavy atom. The fourth-order valence-electron chi connectivity index (χ4n) is 4.58. The second kappa shape index (κ2) is 7.42. The van der Waals surface area contributed by atoms with Crippen LogP contribution in [0.4, 0.5) is 0 Å². The van der Waals surface area contributed by atoms with Gasteiger partial charge in [-0.25, -0.2) is 4.98 Å². The van der Waals surface area contributed by atoms with Gasteiger partial charge >= 0.3 is 0 Å². The molecule has 0 aliphatic rings. The van der Waals surface area contributed by atoms with Gasteiger partial charge in [0.05, 0.1) is 11.0 Å². The van der Waals surface area contributed by atoms with Crippen molar-refractivity contribution in [2.75, 3.05) is 0 Å². The van der Waals surface area contributed by atoms with Gasteiger partial charge in [0.1, 0.15) is 5.82 Å². The largest absolute Gasteiger partial charge is 0.328 e. The minimum atomic E-state index is 0.579. The summed E-state index contributed by atoms with van der Waals surface area (Å²) >= 11 is 0. The van der Waals surface area contributed by atoms with Crippen LogP contribution in [0.1, 0.15) is 30.7 Å². The van der Waals surface area contributed by atoms with Crippen LogP contribution in [-0.4, -0.2) is 14.1 Å². The topological polar surface area (TPSA) is 22.8 Å². The van der Waals surface area contributed by atoms with E-state index in [0.717, 1.165) is 17.9 Å². The molecule has 0 saturated heterocycles. The Morgan fingerprint density at radius 3 is 1.90 bits per heavy atom. The zero-order chi connectivity index (χ0) is 21.7. The summed E-state index contributed by atoms with van der Waals surface area (Å²) in [5, 5.41) is 2.62. The molecule has 0 radical (unpaired) electrons. The maximum absolute atomic E-state index is 4.71. The highest BCUT2D eigenvalue weighted by atomic mass is 15.1. The van der Waals surface area contributed by atoms with E-state index in [1.54, 1.807) is 0 Å². The molecule has 3 heteroatoms. The minimum Gasteiger partial charge on any atom is -0.328 e. The zero-order valence-electron chi connectivity index (χ0n) is 19.0. The molecule has 0 bridgehead atoms. The number of aromatic nitrogens is 3. The van der Waals surface area contributed by atoms with Gasteiger partial charge < -0.3 is 9.13 Å². The summed E-state index contributed by atoms with van der Waals surface area (Å²) < 4.78 is 4.70. The van der Waals surface area contributed by atoms with Gasteiger partial charge in [-0.1, -0.05) is 37.1 Å². The quantitative estimate of drug-likeness (QED) is 0.308. The lowest BCUT2D eigenvalue weighted by Gasteiger charge is -2.13. The molecular weight excluding hydrogens is 378 g/mol. The van der Waals surface area contributed by atoms with Gasteiger partial charge in [0.2, 0.25) is 0 Å². The molecule has 0 saturated carbocycles. The summed E-state index contributed by atoms with van der Waals surface area (Å²) in [6.45, 7) is 11.9. The lowest BCUT2D eigenvalue weighted by molar-refractivity contribution is 0.519. The van der Waals surface area contributed by atoms with Crippen molar-refractivity contribution < 1.29 is 0 Å². The number of benzene rings is 3. The summed E-state index contributed by atoms with van der Waals surface area (Å²) in [7, 11) is 0. The minimum absolute atomic E-state index is 0.579. The standard InChI is InChI=1S/C28H29N3/c1-18(2)17-30-21(5)16-29-28(30)22-8-10-23(11-9-22)31-26-12-6-19(3)14-24(26)25-15-20(4)7-13-27(25)31/h6-16,18H,17H2,1-5H3. The van der Waals surface area contributed by atoms with Crippen molar-refractivity contribution in [3.05, 3.63) is 83.7 Å². The van der Waals surface area contributed by atoms with E-state index in [0.29, 0.717) is 5.92 Å². The molecule has 3 aromatic carbocycles. The molecule has 3 nitrogen and oxygen atoms in total. The Balaban J connectivity index is 1.66. The van der Waals surface area contributed by atoms with Gasteiger partial charge in [-0.05, 0) is 75.2 Å². The summed E-state index contributed by atoms with van der Waals surface area (Å²) in [6, 6.07) is 22.3. The number of aryl methyl sites for hydroxylation is 3. The molecular formula is C28H29N3. The van der Waals surface area contributed by atoms with Crippen LogP contribution in [0, 0.1) is 26.7 Å². The average molecular weight is 408 g/mol. The van der Waals surface area contributed by atoms with E-state index in [4.69, 9.17) is 4.98 Å². The van der Waals surface area contributed by atoms with Crippen molar-refractivity contribution >= 4 is 21.8 Å². The molecule has 2 heterocycles. The molecule has 5 rings (SSSR count). The third-order valence-corrected chi connectivity index (χ3v) is 6.06. The number of rotatable bonds is 4. The number of hydrogen-bond donors (Lipinski definition) is 0. The van der Waals surface area contributed by atoms with Crippen LogP contribution in [0.5, 0.6) is 0 Å². The van der Waals surface area contributed by atoms with Crippen LogP contribution in [0.25, 0.3) is 38.9 Å². The van der Waals surface area contributed by atoms with Crippen LogP contribution < -0.4 is 0 Å². The monoisotopic (exact) mass is 407 g/mol. The fraction of sp³-hybridized carbons (Fsp3) is 0.250. The predicted octanol–water partition coefficient (Wildman–Crippen LogP) is 7.23. The number of fused-ring (bicyclic) bond motifs is 3. The lowest BCUT2D eigenvalue weighted by atomic mass is 10.1. The smallest absolute Gasteiger partial charge is 0.140 e. The first kappa shape index (κ1) is 19.6. The first-order valence-electron chi connectivity index (χ1n) is 11.1. The Labute approximate surface area is 184 Å². The Kier molecular flexibility index (Phi) is 4.70.